The molecule has 7 heterocycles. The van der Waals surface area contributed by atoms with Gasteiger partial charge in [0.1, 0.15) is 153 Å². The van der Waals surface area contributed by atoms with Gasteiger partial charge in [-0.1, -0.05) is 0 Å². The SMILES string of the molecule is CC(=O)N[C@H]1[C@H](O[C@H]2[C@@H](O)[C@@H](CO)O[C@@H](O[C@H]3[C@H](O)[C@@H](O)C(O)O[C@@H]3CO)[C@@H]2O[C@@H]2O[C@@H](C)[C@@H](O)[C@@H](O)[C@@H]2O)O[C@H](CO)[C@@H](O[C@@H]2O[C@@H](C)[C@@H](O)[C@@H](O)[C@@H]2O)[C@@H]1O[C@@H]1O[C@H](CO)[C@H](O)[C@H](O)[C@H]1O[C@@H]1O[C@@H](C)[C@@H](O)[C@@H](O)[C@@H]1O. The summed E-state index contributed by atoms with van der Waals surface area (Å²) < 4.78 is 77.4. The van der Waals surface area contributed by atoms with Gasteiger partial charge in [0.05, 0.1) is 44.7 Å². The van der Waals surface area contributed by atoms with E-state index in [1.807, 2.05) is 0 Å². The highest BCUT2D eigenvalue weighted by Crippen LogP contribution is 2.40. The molecule has 0 saturated carbocycles. The molecule has 0 aromatic rings. The van der Waals surface area contributed by atoms with Gasteiger partial charge in [-0.2, -0.15) is 0 Å². The maximum Gasteiger partial charge on any atom is 0.217 e. The van der Waals surface area contributed by atoms with Crippen molar-refractivity contribution in [1.29, 1.82) is 0 Å². The maximum absolute atomic E-state index is 13.4. The summed E-state index contributed by atoms with van der Waals surface area (Å²) in [5, 5.41) is 208. The van der Waals surface area contributed by atoms with Crippen LogP contribution in [-0.2, 0) is 66.4 Å². The van der Waals surface area contributed by atoms with Gasteiger partial charge >= 0.3 is 0 Å². The molecular weight excluding hydrogens is 1070 g/mol. The van der Waals surface area contributed by atoms with Crippen molar-refractivity contribution in [2.24, 2.45) is 0 Å². The first kappa shape index (κ1) is 63.8. The maximum atomic E-state index is 13.4. The van der Waals surface area contributed by atoms with Crippen LogP contribution in [0.15, 0.2) is 0 Å². The first-order valence-electron chi connectivity index (χ1n) is 25.2. The number of aliphatic hydroxyl groups excluding tert-OH is 19. The Bertz CT molecular complexity index is 1890. The van der Waals surface area contributed by atoms with Crippen molar-refractivity contribution in [3.63, 3.8) is 0 Å². The minimum Gasteiger partial charge on any atom is -0.394 e. The fourth-order valence-electron chi connectivity index (χ4n) is 10.2. The second-order valence-electron chi connectivity index (χ2n) is 20.3. The zero-order chi connectivity index (χ0) is 57.5. The van der Waals surface area contributed by atoms with Crippen LogP contribution in [0.5, 0.6) is 0 Å². The lowest BCUT2D eigenvalue weighted by atomic mass is 9.93. The van der Waals surface area contributed by atoms with E-state index in [4.69, 9.17) is 61.6 Å². The molecule has 78 heavy (non-hydrogen) atoms. The molecular formula is C44H75NO33. The largest absolute Gasteiger partial charge is 0.394 e. The number of hydrogen-bond acceptors (Lipinski definition) is 33. The van der Waals surface area contributed by atoms with Crippen molar-refractivity contribution < 1.29 is 163 Å². The average Bonchev–Trinajstić information content (AvgIpc) is 3.47. The summed E-state index contributed by atoms with van der Waals surface area (Å²) in [7, 11) is 0. The van der Waals surface area contributed by atoms with Gasteiger partial charge in [-0.3, -0.25) is 4.79 Å². The van der Waals surface area contributed by atoms with Crippen LogP contribution in [0.2, 0.25) is 0 Å². The molecule has 34 heteroatoms. The summed E-state index contributed by atoms with van der Waals surface area (Å²) in [5.74, 6) is -0.952. The number of rotatable bonds is 17. The Hall–Kier alpha value is -1.81. The van der Waals surface area contributed by atoms with Crippen LogP contribution in [0, 0.1) is 0 Å². The number of nitrogens with one attached hydrogen (secondary N) is 1. The fraction of sp³-hybridized carbons (Fsp3) is 0.977. The lowest BCUT2D eigenvalue weighted by molar-refractivity contribution is -0.411. The van der Waals surface area contributed by atoms with Gasteiger partial charge in [0.15, 0.2) is 44.0 Å². The normalized spacial score (nSPS) is 53.4. The number of aliphatic hydroxyl groups is 19. The molecule has 7 aliphatic rings. The molecule has 7 rings (SSSR count). The summed E-state index contributed by atoms with van der Waals surface area (Å²) in [5.41, 5.74) is 0. The van der Waals surface area contributed by atoms with Gasteiger partial charge in [0.25, 0.3) is 0 Å². The molecule has 0 aliphatic carbocycles. The van der Waals surface area contributed by atoms with Crippen molar-refractivity contribution in [3.8, 4) is 0 Å². The highest BCUT2D eigenvalue weighted by Gasteiger charge is 2.60. The first-order valence-corrected chi connectivity index (χ1v) is 25.2. The number of carbonyl (C=O) groups is 1. The Morgan fingerprint density at radius 3 is 1.15 bits per heavy atom. The Morgan fingerprint density at radius 1 is 0.333 bits per heavy atom. The number of ether oxygens (including phenoxy) is 13. The van der Waals surface area contributed by atoms with Crippen molar-refractivity contribution in [3.05, 3.63) is 0 Å². The molecule has 20 N–H and O–H groups in total. The highest BCUT2D eigenvalue weighted by molar-refractivity contribution is 5.73. The monoisotopic (exact) mass is 1150 g/mol. The summed E-state index contributed by atoms with van der Waals surface area (Å²) in [6, 6.07) is -1.97. The van der Waals surface area contributed by atoms with Crippen molar-refractivity contribution >= 4 is 5.91 Å². The molecule has 0 spiro atoms. The second-order valence-corrected chi connectivity index (χ2v) is 20.3. The van der Waals surface area contributed by atoms with E-state index in [-0.39, 0.29) is 0 Å². The first-order chi connectivity index (χ1) is 36.8. The molecule has 1 unspecified atom stereocenters. The van der Waals surface area contributed by atoms with E-state index in [1.54, 1.807) is 0 Å². The van der Waals surface area contributed by atoms with E-state index in [2.05, 4.69) is 5.32 Å². The highest BCUT2D eigenvalue weighted by atomic mass is 16.8. The zero-order valence-corrected chi connectivity index (χ0v) is 42.2. The van der Waals surface area contributed by atoms with Crippen molar-refractivity contribution in [2.45, 2.75) is 243 Å². The molecule has 1 amide bonds. The van der Waals surface area contributed by atoms with Crippen LogP contribution in [0.1, 0.15) is 27.7 Å². The van der Waals surface area contributed by atoms with E-state index < -0.39 is 247 Å². The smallest absolute Gasteiger partial charge is 0.217 e. The third kappa shape index (κ3) is 13.1. The van der Waals surface area contributed by atoms with E-state index in [1.165, 1.54) is 20.8 Å². The fourth-order valence-corrected chi connectivity index (χ4v) is 10.2. The van der Waals surface area contributed by atoms with Gasteiger partial charge in [-0.25, -0.2) is 0 Å². The molecule has 7 saturated heterocycles. The Morgan fingerprint density at radius 2 is 0.692 bits per heavy atom. The molecule has 0 aromatic carbocycles. The summed E-state index contributed by atoms with van der Waals surface area (Å²) in [6.07, 6.45) is -65.3. The van der Waals surface area contributed by atoms with Crippen LogP contribution in [0.4, 0.5) is 0 Å². The van der Waals surface area contributed by atoms with Crippen LogP contribution in [0.3, 0.4) is 0 Å². The van der Waals surface area contributed by atoms with Crippen molar-refractivity contribution in [1.82, 2.24) is 5.32 Å². The molecule has 7 aliphatic heterocycles. The Labute approximate surface area is 443 Å². The predicted molar refractivity (Wildman–Crippen MR) is 239 cm³/mol. The quantitative estimate of drug-likeness (QED) is 0.0643. The Balaban J connectivity index is 1.33. The molecule has 0 bridgehead atoms. The average molecular weight is 1150 g/mol. The van der Waals surface area contributed by atoms with E-state index in [0.717, 1.165) is 6.92 Å². The number of hydrogen-bond donors (Lipinski definition) is 20. The molecule has 35 atom stereocenters. The van der Waals surface area contributed by atoms with E-state index in [9.17, 15) is 102 Å². The number of amides is 1. The minimum atomic E-state index is -2.19. The molecule has 7 fully saturated rings. The Kier molecular flexibility index (Phi) is 21.9. The third-order valence-corrected chi connectivity index (χ3v) is 14.8. The molecule has 0 aromatic heterocycles. The van der Waals surface area contributed by atoms with Crippen LogP contribution in [0.25, 0.3) is 0 Å². The summed E-state index contributed by atoms with van der Waals surface area (Å²) >= 11 is 0. The minimum absolute atomic E-state index is 0.952. The van der Waals surface area contributed by atoms with Crippen LogP contribution < -0.4 is 5.32 Å². The standard InChI is InChI=1S/C44H75NO33/c1-9-18(51)23(56)29(62)40(66-9)74-33-16(8-49)72-39(17(45-12(4)50)34(33)75-43-36(26(59)21(54)13(5-46)70-43)77-41-30(63)24(57)19(52)10(2)67-41)76-35-22(55)14(6-47)71-44(73-32-15(7-48)69-38(65)28(61)27(32)60)37(35)78-42-31(64)25(58)20(53)11(3)68-42/h9-11,13-44,46-49,51-65H,5-8H2,1-4H3,(H,45,50)/t9-,10-,11-,13+,14+,15+,16+,17+,18+,19+,20+,21-,22-,23+,24+,25+,26-,27+,28+,29-,30-,31-,32+,33+,34+,35-,36+,37+,38?,39-,40-,41-,42-,43-,44-/m0/s1. The van der Waals surface area contributed by atoms with Crippen LogP contribution in [-0.4, -0.2) is 344 Å². The second kappa shape index (κ2) is 26.8. The topological polar surface area (TPSA) is 533 Å². The van der Waals surface area contributed by atoms with E-state index >= 15 is 0 Å². The molecule has 34 nitrogen and oxygen atoms in total. The molecule has 454 valence electrons. The predicted octanol–water partition coefficient (Wildman–Crippen LogP) is -13.0. The van der Waals surface area contributed by atoms with Gasteiger partial charge in [0, 0.05) is 6.92 Å². The zero-order valence-electron chi connectivity index (χ0n) is 42.2. The third-order valence-electron chi connectivity index (χ3n) is 14.8. The van der Waals surface area contributed by atoms with E-state index in [0.29, 0.717) is 0 Å². The lowest BCUT2D eigenvalue weighted by Crippen LogP contribution is -2.72. The van der Waals surface area contributed by atoms with Crippen LogP contribution >= 0.6 is 0 Å². The van der Waals surface area contributed by atoms with Gasteiger partial charge in [-0.15, -0.1) is 0 Å². The van der Waals surface area contributed by atoms with Gasteiger partial charge in [0.2, 0.25) is 5.91 Å². The molecule has 0 radical (unpaired) electrons. The summed E-state index contributed by atoms with van der Waals surface area (Å²) in [4.78, 5) is 13.4. The summed E-state index contributed by atoms with van der Waals surface area (Å²) in [6.45, 7) is 0.562. The number of carbonyl (C=O) groups excluding carboxylic acids is 1. The van der Waals surface area contributed by atoms with Gasteiger partial charge in [-0.05, 0) is 20.8 Å². The lowest BCUT2D eigenvalue weighted by Gasteiger charge is -2.53. The van der Waals surface area contributed by atoms with Gasteiger partial charge < -0.3 is 164 Å². The van der Waals surface area contributed by atoms with Crippen molar-refractivity contribution in [2.75, 3.05) is 26.4 Å².